The van der Waals surface area contributed by atoms with Crippen LogP contribution < -0.4 is 0 Å². The molecule has 0 fully saturated rings. The number of rotatable bonds is 7. The summed E-state index contributed by atoms with van der Waals surface area (Å²) in [5.41, 5.74) is 0. The van der Waals surface area contributed by atoms with Crippen molar-refractivity contribution in [3.63, 3.8) is 0 Å². The third-order valence-corrected chi connectivity index (χ3v) is 6.19. The third kappa shape index (κ3) is 5.81. The molecule has 0 bridgehead atoms. The van der Waals surface area contributed by atoms with Gasteiger partial charge in [-0.3, -0.25) is 0 Å². The van der Waals surface area contributed by atoms with E-state index >= 15 is 0 Å². The molecular formula is C10H23N2O6Pd. The average Bonchev–Trinajstić information content (AvgIpc) is 2.12. The second kappa shape index (κ2) is 8.24. The van der Waals surface area contributed by atoms with Crippen molar-refractivity contribution in [1.29, 1.82) is 0 Å². The number of aliphatic hydroxyl groups excluding tert-OH is 4. The third-order valence-electron chi connectivity index (χ3n) is 1.76. The van der Waals surface area contributed by atoms with Crippen LogP contribution in [-0.4, -0.2) is 58.4 Å². The van der Waals surface area contributed by atoms with E-state index in [1.807, 2.05) is 0 Å². The fourth-order valence-electron chi connectivity index (χ4n) is 1.26. The molecular weight excluding hydrogens is 351 g/mol. The summed E-state index contributed by atoms with van der Waals surface area (Å²) in [6.45, 7) is 6.76. The Balaban J connectivity index is 5.42. The molecule has 0 spiro atoms. The standard InChI is InChI=1S/2C4H10NO2.C2H4O2.Pd/c2*1-3(6)5-4(2)7;1-2(3)4;/h2*3-4,6-7H,1-2H3;1H3,(H,3,4);/q2*-1;;+3/p-1. The van der Waals surface area contributed by atoms with E-state index in [1.165, 1.54) is 34.6 Å². The molecule has 0 aliphatic heterocycles. The van der Waals surface area contributed by atoms with Crippen LogP contribution in [0.15, 0.2) is 0 Å². The van der Waals surface area contributed by atoms with Gasteiger partial charge in [0.2, 0.25) is 0 Å². The summed E-state index contributed by atoms with van der Waals surface area (Å²) in [4.78, 5) is 11.2. The van der Waals surface area contributed by atoms with Crippen LogP contribution in [0.5, 0.6) is 0 Å². The molecule has 0 aromatic rings. The summed E-state index contributed by atoms with van der Waals surface area (Å²) in [6, 6.07) is 0. The Labute approximate surface area is 119 Å². The zero-order chi connectivity index (χ0) is 15.3. The summed E-state index contributed by atoms with van der Waals surface area (Å²) in [5.74, 6) is -0.626. The van der Waals surface area contributed by atoms with Crippen LogP contribution in [-0.2, 0) is 25.9 Å². The maximum absolute atomic E-state index is 11.2. The van der Waals surface area contributed by atoms with E-state index in [-0.39, 0.29) is 0 Å². The van der Waals surface area contributed by atoms with Gasteiger partial charge >= 0.3 is 119 Å². The number of carbonyl (C=O) groups is 1. The predicted molar refractivity (Wildman–Crippen MR) is 62.2 cm³/mol. The zero-order valence-electron chi connectivity index (χ0n) is 11.6. The van der Waals surface area contributed by atoms with Crippen LogP contribution in [0, 0.1) is 0 Å². The molecule has 4 N–H and O–H groups in total. The Morgan fingerprint density at radius 1 is 0.895 bits per heavy atom. The van der Waals surface area contributed by atoms with Gasteiger partial charge in [-0.1, -0.05) is 0 Å². The van der Waals surface area contributed by atoms with Crippen molar-refractivity contribution in [2.24, 2.45) is 0 Å². The van der Waals surface area contributed by atoms with Gasteiger partial charge in [-0.2, -0.15) is 0 Å². The van der Waals surface area contributed by atoms with E-state index in [1.54, 1.807) is 0 Å². The topological polar surface area (TPSA) is 114 Å². The molecule has 0 aliphatic carbocycles. The van der Waals surface area contributed by atoms with Crippen molar-refractivity contribution in [3.8, 4) is 0 Å². The minimum absolute atomic E-state index is 0.626. The fourth-order valence-corrected chi connectivity index (χ4v) is 4.39. The molecule has 0 saturated heterocycles. The van der Waals surface area contributed by atoms with Gasteiger partial charge in [0.15, 0.2) is 0 Å². The second-order valence-corrected chi connectivity index (χ2v) is 6.69. The van der Waals surface area contributed by atoms with E-state index in [4.69, 9.17) is 3.46 Å². The normalized spacial score (nSPS) is 19.0. The van der Waals surface area contributed by atoms with Crippen molar-refractivity contribution in [1.82, 2.24) is 7.07 Å². The Morgan fingerprint density at radius 2 is 1.16 bits per heavy atom. The van der Waals surface area contributed by atoms with Crippen LogP contribution in [0.3, 0.4) is 0 Å². The van der Waals surface area contributed by atoms with Crippen LogP contribution >= 0.6 is 0 Å². The van der Waals surface area contributed by atoms with Gasteiger partial charge in [0.05, 0.1) is 0 Å². The number of hydrogen-bond donors (Lipinski definition) is 4. The van der Waals surface area contributed by atoms with Crippen molar-refractivity contribution in [2.45, 2.75) is 59.5 Å². The molecule has 4 atom stereocenters. The van der Waals surface area contributed by atoms with Crippen LogP contribution in [0.25, 0.3) is 0 Å². The van der Waals surface area contributed by atoms with Crippen LogP contribution in [0.1, 0.15) is 34.6 Å². The van der Waals surface area contributed by atoms with Crippen molar-refractivity contribution >= 4 is 5.97 Å². The molecule has 0 aromatic carbocycles. The van der Waals surface area contributed by atoms with Gasteiger partial charge in [-0.25, -0.2) is 0 Å². The molecule has 4 unspecified atom stereocenters. The molecule has 0 radical (unpaired) electrons. The molecule has 0 amide bonds. The fraction of sp³-hybridized carbons (Fsp3) is 0.900. The zero-order valence-corrected chi connectivity index (χ0v) is 13.2. The van der Waals surface area contributed by atoms with Gasteiger partial charge in [0.1, 0.15) is 0 Å². The Hall–Kier alpha value is -0.108. The van der Waals surface area contributed by atoms with Gasteiger partial charge < -0.3 is 0 Å². The summed E-state index contributed by atoms with van der Waals surface area (Å²) < 4.78 is 7.40. The predicted octanol–water partition coefficient (Wildman–Crippen LogP) is -1.13. The van der Waals surface area contributed by atoms with Gasteiger partial charge in [-0.15, -0.1) is 0 Å². The molecule has 19 heavy (non-hydrogen) atoms. The van der Waals surface area contributed by atoms with Gasteiger partial charge in [0.25, 0.3) is 0 Å². The average molecular weight is 374 g/mol. The molecule has 8 nitrogen and oxygen atoms in total. The number of nitrogens with zero attached hydrogens (tertiary/aromatic N) is 2. The summed E-state index contributed by atoms with van der Waals surface area (Å²) in [5, 5.41) is 38.8. The van der Waals surface area contributed by atoms with Crippen molar-refractivity contribution in [2.75, 3.05) is 0 Å². The number of aliphatic hydroxyl groups is 4. The SMILES string of the molecule is CC(=O)[O][Pd]([N](C(C)O)C(C)O)[N](C(C)O)C(C)O. The Morgan fingerprint density at radius 3 is 1.32 bits per heavy atom. The Bertz CT molecular complexity index is 251. The molecule has 0 aliphatic rings. The van der Waals surface area contributed by atoms with E-state index in [2.05, 4.69) is 0 Å². The first-order valence-electron chi connectivity index (χ1n) is 5.70. The first-order chi connectivity index (χ1) is 8.59. The monoisotopic (exact) mass is 373 g/mol. The van der Waals surface area contributed by atoms with Crippen molar-refractivity contribution < 1.29 is 46.3 Å². The summed E-state index contributed by atoms with van der Waals surface area (Å²) >= 11 is -2.68. The van der Waals surface area contributed by atoms with E-state index in [0.717, 1.165) is 7.07 Å². The molecule has 0 aromatic heterocycles. The van der Waals surface area contributed by atoms with E-state index in [9.17, 15) is 25.2 Å². The van der Waals surface area contributed by atoms with Crippen molar-refractivity contribution in [3.05, 3.63) is 0 Å². The van der Waals surface area contributed by atoms with Crippen LogP contribution in [0.4, 0.5) is 0 Å². The molecule has 0 saturated carbocycles. The summed E-state index contributed by atoms with van der Waals surface area (Å²) in [6.07, 6.45) is -4.44. The minimum atomic E-state index is -2.68. The van der Waals surface area contributed by atoms with Gasteiger partial charge in [0, 0.05) is 0 Å². The number of hydrogen-bond acceptors (Lipinski definition) is 8. The summed E-state index contributed by atoms with van der Waals surface area (Å²) in [7, 11) is 0. The van der Waals surface area contributed by atoms with Gasteiger partial charge in [-0.05, 0) is 0 Å². The quantitative estimate of drug-likeness (QED) is 0.327. The van der Waals surface area contributed by atoms with Crippen LogP contribution in [0.2, 0.25) is 0 Å². The Kier molecular flexibility index (Phi) is 8.19. The van der Waals surface area contributed by atoms with E-state index < -0.39 is 48.5 Å². The number of carbonyl (C=O) groups excluding carboxylic acids is 1. The maximum atomic E-state index is 11.2. The molecule has 0 rings (SSSR count). The second-order valence-electron chi connectivity index (χ2n) is 3.89. The first kappa shape index (κ1) is 18.9. The van der Waals surface area contributed by atoms with E-state index in [0.29, 0.717) is 0 Å². The first-order valence-corrected chi connectivity index (χ1v) is 7.72. The molecule has 0 heterocycles. The molecule has 9 heteroatoms. The molecule has 119 valence electrons.